The number of methoxy groups -OCH3 is 1. The Labute approximate surface area is 99.8 Å². The third kappa shape index (κ3) is 1.54. The highest BCUT2D eigenvalue weighted by Gasteiger charge is 2.30. The van der Waals surface area contributed by atoms with Gasteiger partial charge in [-0.05, 0) is 30.9 Å². The number of hydrogen-bond donors (Lipinski definition) is 1. The molecule has 2 aromatic rings. The molecule has 1 aliphatic rings. The summed E-state index contributed by atoms with van der Waals surface area (Å²) < 4.78 is 4.91. The quantitative estimate of drug-likeness (QED) is 0.764. The average molecular weight is 229 g/mol. The summed E-state index contributed by atoms with van der Waals surface area (Å²) in [5, 5.41) is 1.16. The molecule has 17 heavy (non-hydrogen) atoms. The van der Waals surface area contributed by atoms with Gasteiger partial charge in [0.1, 0.15) is 0 Å². The van der Waals surface area contributed by atoms with Gasteiger partial charge in [-0.1, -0.05) is 18.2 Å². The van der Waals surface area contributed by atoms with Crippen LogP contribution in [0.15, 0.2) is 24.3 Å². The van der Waals surface area contributed by atoms with E-state index in [2.05, 4.69) is 17.1 Å². The number of fused-ring (bicyclic) bond motifs is 3. The van der Waals surface area contributed by atoms with Gasteiger partial charge >= 0.3 is 5.97 Å². The molecule has 0 bridgehead atoms. The van der Waals surface area contributed by atoms with Gasteiger partial charge in [0.05, 0.1) is 13.0 Å². The summed E-state index contributed by atoms with van der Waals surface area (Å²) in [5.74, 6) is -0.212. The Kier molecular flexibility index (Phi) is 2.39. The molecule has 1 aromatic heterocycles. The van der Waals surface area contributed by atoms with E-state index in [1.54, 1.807) is 0 Å². The maximum Gasteiger partial charge on any atom is 0.313 e. The van der Waals surface area contributed by atoms with Gasteiger partial charge in [0.2, 0.25) is 0 Å². The van der Waals surface area contributed by atoms with Crippen LogP contribution in [0.1, 0.15) is 30.0 Å². The van der Waals surface area contributed by atoms with Crippen LogP contribution in [-0.2, 0) is 16.0 Å². The predicted molar refractivity (Wildman–Crippen MR) is 66.0 cm³/mol. The van der Waals surface area contributed by atoms with E-state index >= 15 is 0 Å². The van der Waals surface area contributed by atoms with Crippen molar-refractivity contribution in [1.29, 1.82) is 0 Å². The highest BCUT2D eigenvalue weighted by molar-refractivity contribution is 5.91. The smallest absolute Gasteiger partial charge is 0.313 e. The summed E-state index contributed by atoms with van der Waals surface area (Å²) in [6.45, 7) is 0. The van der Waals surface area contributed by atoms with E-state index in [4.69, 9.17) is 4.74 Å². The first kappa shape index (κ1) is 10.4. The number of aromatic nitrogens is 1. The Hall–Kier alpha value is -1.77. The van der Waals surface area contributed by atoms with E-state index in [0.29, 0.717) is 0 Å². The molecule has 0 saturated heterocycles. The number of carbonyl (C=O) groups is 1. The first-order valence-corrected chi connectivity index (χ1v) is 5.98. The molecule has 0 amide bonds. The van der Waals surface area contributed by atoms with E-state index in [-0.39, 0.29) is 11.9 Å². The lowest BCUT2D eigenvalue weighted by molar-refractivity contribution is -0.142. The molecule has 1 N–H and O–H groups in total. The molecule has 0 fully saturated rings. The fraction of sp³-hybridized carbons (Fsp3) is 0.357. The molecular formula is C14H15NO2. The Morgan fingerprint density at radius 2 is 2.24 bits per heavy atom. The van der Waals surface area contributed by atoms with Gasteiger partial charge in [-0.3, -0.25) is 4.79 Å². The monoisotopic (exact) mass is 229 g/mol. The third-order valence-electron chi connectivity index (χ3n) is 3.58. The van der Waals surface area contributed by atoms with Gasteiger partial charge < -0.3 is 9.72 Å². The van der Waals surface area contributed by atoms with Gasteiger partial charge in [0.25, 0.3) is 0 Å². The Balaban J connectivity index is 2.20. The number of carbonyl (C=O) groups excluding carboxylic acids is 1. The van der Waals surface area contributed by atoms with E-state index < -0.39 is 0 Å². The number of ether oxygens (including phenoxy) is 1. The minimum absolute atomic E-state index is 0.0973. The molecule has 3 heteroatoms. The molecule has 3 rings (SSSR count). The summed E-state index contributed by atoms with van der Waals surface area (Å²) in [6.07, 6.45) is 2.96. The molecule has 0 spiro atoms. The molecule has 1 unspecified atom stereocenters. The second kappa shape index (κ2) is 3.91. The summed E-state index contributed by atoms with van der Waals surface area (Å²) in [7, 11) is 1.46. The van der Waals surface area contributed by atoms with Crippen molar-refractivity contribution in [3.63, 3.8) is 0 Å². The normalized spacial score (nSPS) is 19.0. The molecule has 88 valence electrons. The van der Waals surface area contributed by atoms with Gasteiger partial charge in [-0.25, -0.2) is 0 Å². The molecule has 1 aliphatic carbocycles. The number of aryl methyl sites for hydroxylation is 1. The van der Waals surface area contributed by atoms with Crippen molar-refractivity contribution >= 4 is 16.9 Å². The summed E-state index contributed by atoms with van der Waals surface area (Å²) in [4.78, 5) is 15.3. The lowest BCUT2D eigenvalue weighted by Crippen LogP contribution is -2.19. The van der Waals surface area contributed by atoms with Crippen LogP contribution in [0.2, 0.25) is 0 Å². The standard InChI is InChI=1S/C14H15NO2/c1-17-14(16)10-6-4-8-12-13(10)9-5-2-3-7-11(9)15-12/h2-3,5,7,10,15H,4,6,8H2,1H3. The van der Waals surface area contributed by atoms with E-state index in [9.17, 15) is 4.79 Å². The number of hydrogen-bond acceptors (Lipinski definition) is 2. The van der Waals surface area contributed by atoms with Crippen LogP contribution in [0.25, 0.3) is 10.9 Å². The van der Waals surface area contributed by atoms with Crippen LogP contribution in [0.3, 0.4) is 0 Å². The Bertz CT molecular complexity index is 571. The van der Waals surface area contributed by atoms with Crippen molar-refractivity contribution < 1.29 is 9.53 Å². The van der Waals surface area contributed by atoms with Crippen LogP contribution < -0.4 is 0 Å². The fourth-order valence-corrected chi connectivity index (χ4v) is 2.82. The highest BCUT2D eigenvalue weighted by Crippen LogP contribution is 2.37. The summed E-state index contributed by atoms with van der Waals surface area (Å²) >= 11 is 0. The largest absolute Gasteiger partial charge is 0.469 e. The van der Waals surface area contributed by atoms with E-state index in [1.807, 2.05) is 12.1 Å². The molecule has 0 aliphatic heterocycles. The predicted octanol–water partition coefficient (Wildman–Crippen LogP) is 2.76. The number of aromatic amines is 1. The lowest BCUT2D eigenvalue weighted by Gasteiger charge is -2.20. The zero-order valence-corrected chi connectivity index (χ0v) is 9.82. The van der Waals surface area contributed by atoms with Gasteiger partial charge in [0.15, 0.2) is 0 Å². The van der Waals surface area contributed by atoms with E-state index in [1.165, 1.54) is 12.8 Å². The van der Waals surface area contributed by atoms with E-state index in [0.717, 1.165) is 35.7 Å². The second-order valence-corrected chi connectivity index (χ2v) is 4.53. The number of rotatable bonds is 1. The van der Waals surface area contributed by atoms with Crippen molar-refractivity contribution in [2.24, 2.45) is 0 Å². The number of nitrogens with one attached hydrogen (secondary N) is 1. The van der Waals surface area contributed by atoms with Crippen LogP contribution in [0.5, 0.6) is 0 Å². The molecule has 0 radical (unpaired) electrons. The van der Waals surface area contributed by atoms with Crippen molar-refractivity contribution in [3.8, 4) is 0 Å². The number of esters is 1. The van der Waals surface area contributed by atoms with Crippen molar-refractivity contribution in [1.82, 2.24) is 4.98 Å². The topological polar surface area (TPSA) is 42.1 Å². The minimum atomic E-state index is -0.115. The highest BCUT2D eigenvalue weighted by atomic mass is 16.5. The van der Waals surface area contributed by atoms with Crippen molar-refractivity contribution in [2.75, 3.05) is 7.11 Å². The molecular weight excluding hydrogens is 214 g/mol. The van der Waals surface area contributed by atoms with Crippen molar-refractivity contribution in [3.05, 3.63) is 35.5 Å². The number of para-hydroxylation sites is 1. The second-order valence-electron chi connectivity index (χ2n) is 4.53. The van der Waals surface area contributed by atoms with Gasteiger partial charge in [0, 0.05) is 16.6 Å². The van der Waals surface area contributed by atoms with Crippen LogP contribution in [0, 0.1) is 0 Å². The average Bonchev–Trinajstić information content (AvgIpc) is 2.76. The fourth-order valence-electron chi connectivity index (χ4n) is 2.82. The van der Waals surface area contributed by atoms with Gasteiger partial charge in [-0.15, -0.1) is 0 Å². The third-order valence-corrected chi connectivity index (χ3v) is 3.58. The first-order chi connectivity index (χ1) is 8.31. The SMILES string of the molecule is COC(=O)C1CCCc2[nH]c3ccccc3c21. The minimum Gasteiger partial charge on any atom is -0.469 e. The maximum atomic E-state index is 11.8. The lowest BCUT2D eigenvalue weighted by atomic mass is 9.85. The van der Waals surface area contributed by atoms with Crippen LogP contribution >= 0.6 is 0 Å². The molecule has 1 aromatic carbocycles. The Morgan fingerprint density at radius 3 is 3.06 bits per heavy atom. The number of H-pyrrole nitrogens is 1. The molecule has 3 nitrogen and oxygen atoms in total. The maximum absolute atomic E-state index is 11.8. The Morgan fingerprint density at radius 1 is 1.41 bits per heavy atom. The van der Waals surface area contributed by atoms with Crippen LogP contribution in [0.4, 0.5) is 0 Å². The molecule has 1 atom stereocenters. The van der Waals surface area contributed by atoms with Gasteiger partial charge in [-0.2, -0.15) is 0 Å². The summed E-state index contributed by atoms with van der Waals surface area (Å²) in [6, 6.07) is 8.16. The summed E-state index contributed by atoms with van der Waals surface area (Å²) in [5.41, 5.74) is 3.47. The van der Waals surface area contributed by atoms with Crippen molar-refractivity contribution in [2.45, 2.75) is 25.2 Å². The van der Waals surface area contributed by atoms with Crippen LogP contribution in [-0.4, -0.2) is 18.1 Å². The molecule has 1 heterocycles. The zero-order valence-electron chi connectivity index (χ0n) is 9.82. The first-order valence-electron chi connectivity index (χ1n) is 5.98. The molecule has 0 saturated carbocycles. The zero-order chi connectivity index (χ0) is 11.8. The number of benzene rings is 1.